The summed E-state index contributed by atoms with van der Waals surface area (Å²) in [5, 5.41) is 3.84. The van der Waals surface area contributed by atoms with E-state index in [9.17, 15) is 4.79 Å². The predicted molar refractivity (Wildman–Crippen MR) is 88.5 cm³/mol. The second-order valence-corrected chi connectivity index (χ2v) is 7.62. The Morgan fingerprint density at radius 3 is 2.62 bits per heavy atom. The molecule has 0 aliphatic heterocycles. The third kappa shape index (κ3) is 3.80. The van der Waals surface area contributed by atoms with Gasteiger partial charge in [-0.05, 0) is 44.2 Å². The normalized spacial score (nSPS) is 26.1. The lowest BCUT2D eigenvalue weighted by Gasteiger charge is -2.16. The number of carbonyl (C=O) groups is 1. The molecule has 2 aliphatic carbocycles. The van der Waals surface area contributed by atoms with Crippen molar-refractivity contribution in [2.45, 2.75) is 61.1 Å². The summed E-state index contributed by atoms with van der Waals surface area (Å²) in [6.45, 7) is 0. The van der Waals surface area contributed by atoms with E-state index in [1.807, 2.05) is 23.9 Å². The van der Waals surface area contributed by atoms with Crippen molar-refractivity contribution in [2.75, 3.05) is 5.32 Å². The Labute approximate surface area is 131 Å². The summed E-state index contributed by atoms with van der Waals surface area (Å²) in [5.74, 6) is 0.229. The van der Waals surface area contributed by atoms with Crippen LogP contribution in [0.15, 0.2) is 29.2 Å². The summed E-state index contributed by atoms with van der Waals surface area (Å²) >= 11 is 1.92. The number of benzene rings is 1. The van der Waals surface area contributed by atoms with Gasteiger partial charge in [0.05, 0.1) is 5.69 Å². The van der Waals surface area contributed by atoms with Gasteiger partial charge in [-0.25, -0.2) is 0 Å². The Morgan fingerprint density at radius 2 is 1.90 bits per heavy atom. The molecule has 0 spiro atoms. The van der Waals surface area contributed by atoms with E-state index in [1.165, 1.54) is 30.6 Å². The molecule has 0 saturated heterocycles. The van der Waals surface area contributed by atoms with E-state index in [0.717, 1.165) is 24.9 Å². The van der Waals surface area contributed by atoms with Crippen LogP contribution in [0.3, 0.4) is 0 Å². The fourth-order valence-electron chi connectivity index (χ4n) is 3.35. The van der Waals surface area contributed by atoms with Gasteiger partial charge < -0.3 is 11.1 Å². The second-order valence-electron chi connectivity index (χ2n) is 6.28. The van der Waals surface area contributed by atoms with Crippen molar-refractivity contribution in [3.63, 3.8) is 0 Å². The van der Waals surface area contributed by atoms with Gasteiger partial charge in [-0.2, -0.15) is 0 Å². The summed E-state index contributed by atoms with van der Waals surface area (Å²) in [5.41, 5.74) is 6.88. The van der Waals surface area contributed by atoms with Crippen LogP contribution < -0.4 is 11.1 Å². The van der Waals surface area contributed by atoms with Crippen LogP contribution in [0.2, 0.25) is 0 Å². The fourth-order valence-corrected chi connectivity index (χ4v) is 4.68. The average molecular weight is 304 g/mol. The van der Waals surface area contributed by atoms with E-state index in [0.29, 0.717) is 5.25 Å². The number of hydrogen-bond donors (Lipinski definition) is 2. The van der Waals surface area contributed by atoms with Crippen LogP contribution in [0, 0.1) is 5.92 Å². The molecule has 3 nitrogen and oxygen atoms in total. The van der Waals surface area contributed by atoms with Crippen molar-refractivity contribution >= 4 is 23.4 Å². The molecule has 2 unspecified atom stereocenters. The zero-order valence-electron chi connectivity index (χ0n) is 12.4. The van der Waals surface area contributed by atoms with Gasteiger partial charge in [0.1, 0.15) is 0 Å². The van der Waals surface area contributed by atoms with Gasteiger partial charge >= 0.3 is 0 Å². The lowest BCUT2D eigenvalue weighted by Crippen LogP contribution is -2.23. The van der Waals surface area contributed by atoms with Gasteiger partial charge in [-0.3, -0.25) is 4.79 Å². The summed E-state index contributed by atoms with van der Waals surface area (Å²) in [7, 11) is 0. The number of rotatable bonds is 4. The Hall–Kier alpha value is -1.00. The molecule has 4 heteroatoms. The highest BCUT2D eigenvalue weighted by molar-refractivity contribution is 8.00. The van der Waals surface area contributed by atoms with Crippen molar-refractivity contribution in [3.8, 4) is 0 Å². The molecule has 1 aromatic rings. The van der Waals surface area contributed by atoms with Crippen LogP contribution in [-0.4, -0.2) is 17.2 Å². The van der Waals surface area contributed by atoms with E-state index < -0.39 is 0 Å². The molecular weight excluding hydrogens is 280 g/mol. The first kappa shape index (κ1) is 14.9. The smallest absolute Gasteiger partial charge is 0.227 e. The van der Waals surface area contributed by atoms with Crippen LogP contribution in [-0.2, 0) is 4.79 Å². The molecule has 2 aliphatic rings. The Bertz CT molecular complexity index is 499. The molecular formula is C17H24N2OS. The van der Waals surface area contributed by atoms with Gasteiger partial charge in [0.2, 0.25) is 5.91 Å². The summed E-state index contributed by atoms with van der Waals surface area (Å²) in [6, 6.07) is 8.39. The van der Waals surface area contributed by atoms with Gasteiger partial charge in [0.15, 0.2) is 0 Å². The number of hydrogen-bond acceptors (Lipinski definition) is 3. The molecule has 0 aromatic heterocycles. The minimum Gasteiger partial charge on any atom is -0.328 e. The monoisotopic (exact) mass is 304 g/mol. The SMILES string of the molecule is NC1CCC(C(=O)Nc2ccccc2SC2CCCC2)C1. The standard InChI is InChI=1S/C17H24N2OS/c18-13-10-9-12(11-13)17(20)19-15-7-3-4-8-16(15)21-14-5-1-2-6-14/h3-4,7-8,12-14H,1-2,5-6,9-11,18H2,(H,19,20). The maximum absolute atomic E-state index is 12.4. The topological polar surface area (TPSA) is 55.1 Å². The van der Waals surface area contributed by atoms with Gasteiger partial charge in [-0.15, -0.1) is 11.8 Å². The molecule has 0 bridgehead atoms. The number of anilines is 1. The molecule has 0 radical (unpaired) electrons. The van der Waals surface area contributed by atoms with Crippen molar-refractivity contribution in [2.24, 2.45) is 11.7 Å². The van der Waals surface area contributed by atoms with Crippen molar-refractivity contribution in [1.82, 2.24) is 0 Å². The lowest BCUT2D eigenvalue weighted by molar-refractivity contribution is -0.119. The molecule has 2 atom stereocenters. The molecule has 2 fully saturated rings. The van der Waals surface area contributed by atoms with E-state index in [2.05, 4.69) is 17.4 Å². The Balaban J connectivity index is 1.65. The minimum atomic E-state index is 0.0875. The van der Waals surface area contributed by atoms with Crippen LogP contribution >= 0.6 is 11.8 Å². The molecule has 114 valence electrons. The van der Waals surface area contributed by atoms with E-state index in [1.54, 1.807) is 0 Å². The van der Waals surface area contributed by atoms with Crippen LogP contribution in [0.25, 0.3) is 0 Å². The zero-order valence-corrected chi connectivity index (χ0v) is 13.2. The number of amides is 1. The predicted octanol–water partition coefficient (Wildman–Crippen LogP) is 3.79. The van der Waals surface area contributed by atoms with E-state index >= 15 is 0 Å². The molecule has 3 N–H and O–H groups in total. The molecule has 1 amide bonds. The largest absolute Gasteiger partial charge is 0.328 e. The lowest BCUT2D eigenvalue weighted by atomic mass is 10.1. The Morgan fingerprint density at radius 1 is 1.14 bits per heavy atom. The van der Waals surface area contributed by atoms with Crippen molar-refractivity contribution < 1.29 is 4.79 Å². The summed E-state index contributed by atoms with van der Waals surface area (Å²) in [6.07, 6.45) is 7.98. The van der Waals surface area contributed by atoms with Gasteiger partial charge in [-0.1, -0.05) is 25.0 Å². The summed E-state index contributed by atoms with van der Waals surface area (Å²) < 4.78 is 0. The van der Waals surface area contributed by atoms with Gasteiger partial charge in [0, 0.05) is 22.1 Å². The molecule has 0 heterocycles. The maximum atomic E-state index is 12.4. The fraction of sp³-hybridized carbons (Fsp3) is 0.588. The van der Waals surface area contributed by atoms with E-state index in [-0.39, 0.29) is 17.9 Å². The molecule has 21 heavy (non-hydrogen) atoms. The summed E-state index contributed by atoms with van der Waals surface area (Å²) in [4.78, 5) is 13.6. The van der Waals surface area contributed by atoms with E-state index in [4.69, 9.17) is 5.73 Å². The average Bonchev–Trinajstić information content (AvgIpc) is 3.12. The van der Waals surface area contributed by atoms with Crippen molar-refractivity contribution in [1.29, 1.82) is 0 Å². The number of nitrogens with two attached hydrogens (primary N) is 1. The number of para-hydroxylation sites is 1. The highest BCUT2D eigenvalue weighted by Gasteiger charge is 2.28. The zero-order chi connectivity index (χ0) is 14.7. The van der Waals surface area contributed by atoms with Gasteiger partial charge in [0.25, 0.3) is 0 Å². The first-order valence-electron chi connectivity index (χ1n) is 8.04. The first-order chi connectivity index (χ1) is 10.2. The third-order valence-corrected chi connectivity index (χ3v) is 6.00. The minimum absolute atomic E-state index is 0.0875. The molecule has 2 saturated carbocycles. The highest BCUT2D eigenvalue weighted by atomic mass is 32.2. The highest BCUT2D eigenvalue weighted by Crippen LogP contribution is 2.38. The number of thioether (sulfide) groups is 1. The van der Waals surface area contributed by atoms with Crippen LogP contribution in [0.4, 0.5) is 5.69 Å². The maximum Gasteiger partial charge on any atom is 0.227 e. The first-order valence-corrected chi connectivity index (χ1v) is 8.92. The Kier molecular flexibility index (Phi) is 4.86. The van der Waals surface area contributed by atoms with Crippen LogP contribution in [0.1, 0.15) is 44.9 Å². The second kappa shape index (κ2) is 6.84. The third-order valence-electron chi connectivity index (χ3n) is 4.58. The molecule has 1 aromatic carbocycles. The quantitative estimate of drug-likeness (QED) is 0.890. The molecule has 3 rings (SSSR count). The van der Waals surface area contributed by atoms with Crippen molar-refractivity contribution in [3.05, 3.63) is 24.3 Å². The van der Waals surface area contributed by atoms with Crippen LogP contribution in [0.5, 0.6) is 0 Å². The number of carbonyl (C=O) groups excluding carboxylic acids is 1. The number of nitrogens with one attached hydrogen (secondary N) is 1.